The molecule has 0 heterocycles. The first-order chi connectivity index (χ1) is 14.9. The van der Waals surface area contributed by atoms with Gasteiger partial charge in [-0.2, -0.15) is 0 Å². The van der Waals surface area contributed by atoms with E-state index in [1.165, 1.54) is 57.8 Å². The van der Waals surface area contributed by atoms with Gasteiger partial charge >= 0.3 is 0 Å². The zero-order valence-corrected chi connectivity index (χ0v) is 23.3. The van der Waals surface area contributed by atoms with Crippen molar-refractivity contribution >= 4 is 18.3 Å². The van der Waals surface area contributed by atoms with Crippen LogP contribution in [-0.4, -0.2) is 17.7 Å². The fourth-order valence-corrected chi connectivity index (χ4v) is 10.1. The van der Waals surface area contributed by atoms with Crippen LogP contribution in [0, 0.1) is 46.3 Å². The van der Waals surface area contributed by atoms with Crippen LogP contribution in [0.25, 0.3) is 0 Å². The van der Waals surface area contributed by atoms with Crippen LogP contribution in [0.15, 0.2) is 11.6 Å². The fourth-order valence-electron chi connectivity index (χ4n) is 9.02. The maximum Gasteiger partial charge on any atom is 0.183 e. The van der Waals surface area contributed by atoms with Crippen LogP contribution in [-0.2, 0) is 16.3 Å². The minimum absolute atomic E-state index is 0.128. The van der Waals surface area contributed by atoms with Crippen LogP contribution in [0.1, 0.15) is 105 Å². The normalized spacial score (nSPS) is 44.2. The third-order valence-electron chi connectivity index (χ3n) is 10.6. The van der Waals surface area contributed by atoms with Gasteiger partial charge in [0.1, 0.15) is 0 Å². The predicted octanol–water partition coefficient (Wildman–Crippen LogP) is 8.34. The highest BCUT2D eigenvalue weighted by Gasteiger charge is 2.59. The van der Waals surface area contributed by atoms with Crippen LogP contribution >= 0.6 is 6.49 Å². The van der Waals surface area contributed by atoms with Crippen LogP contribution in [0.5, 0.6) is 0 Å². The van der Waals surface area contributed by atoms with Crippen molar-refractivity contribution < 1.29 is 9.42 Å². The number of allylic oxidation sites excluding steroid dienone is 1. The number of hydrogen-bond acceptors (Lipinski definition) is 2. The topological polar surface area (TPSA) is 29.5 Å². The van der Waals surface area contributed by atoms with Crippen LogP contribution in [0.3, 0.4) is 0 Å². The lowest BCUT2D eigenvalue weighted by molar-refractivity contribution is -0.0558. The molecule has 4 heteroatoms. The molecule has 3 fully saturated rings. The first-order valence-corrected chi connectivity index (χ1v) is 16.7. The standard InChI is InChI=1S/C28H49O2PS/c1-19(2)8-7-9-20(3)24-12-13-25-23-11-10-21-18-22(30-31(6,29)32)14-16-27(21,4)26(23)15-17-28(24,25)5/h10,19-20,22-26H,7-9,11-18H2,1-6H3,(H,29,32). The Morgan fingerprint density at radius 1 is 1.09 bits per heavy atom. The van der Waals surface area contributed by atoms with Crippen LogP contribution < -0.4 is 0 Å². The Bertz CT molecular complexity index is 757. The zero-order valence-electron chi connectivity index (χ0n) is 21.6. The molecule has 4 rings (SSSR count). The minimum atomic E-state index is -2.58. The van der Waals surface area contributed by atoms with E-state index in [9.17, 15) is 4.89 Å². The molecular formula is C28H49O2PS. The van der Waals surface area contributed by atoms with Crippen LogP contribution in [0.2, 0.25) is 0 Å². The summed E-state index contributed by atoms with van der Waals surface area (Å²) in [5.74, 6) is 5.29. The molecule has 3 saturated carbocycles. The molecular weight excluding hydrogens is 431 g/mol. The average Bonchev–Trinajstić information content (AvgIpc) is 3.04. The second kappa shape index (κ2) is 9.40. The zero-order chi connectivity index (χ0) is 23.3. The first kappa shape index (κ1) is 25.4. The number of rotatable bonds is 7. The molecule has 0 radical (unpaired) electrons. The molecule has 9 atom stereocenters. The molecule has 0 amide bonds. The lowest BCUT2D eigenvalue weighted by Gasteiger charge is -2.58. The van der Waals surface area contributed by atoms with E-state index in [0.29, 0.717) is 10.8 Å². The van der Waals surface area contributed by atoms with Gasteiger partial charge in [0, 0.05) is 6.66 Å². The molecule has 0 bridgehead atoms. The average molecular weight is 481 g/mol. The molecule has 1 N–H and O–H groups in total. The van der Waals surface area contributed by atoms with Crippen molar-refractivity contribution in [3.8, 4) is 0 Å². The highest BCUT2D eigenvalue weighted by atomic mass is 32.5. The molecule has 0 saturated heterocycles. The quantitative estimate of drug-likeness (QED) is 0.293. The lowest BCUT2D eigenvalue weighted by atomic mass is 9.47. The maximum atomic E-state index is 10.1. The van der Waals surface area contributed by atoms with Gasteiger partial charge in [0.2, 0.25) is 0 Å². The fraction of sp³-hybridized carbons (Fsp3) is 0.929. The van der Waals surface area contributed by atoms with Crippen molar-refractivity contribution in [2.45, 2.75) is 111 Å². The molecule has 2 nitrogen and oxygen atoms in total. The van der Waals surface area contributed by atoms with Crippen molar-refractivity contribution in [1.82, 2.24) is 0 Å². The Morgan fingerprint density at radius 3 is 2.53 bits per heavy atom. The largest absolute Gasteiger partial charge is 0.345 e. The van der Waals surface area contributed by atoms with E-state index in [1.807, 2.05) is 0 Å². The number of fused-ring (bicyclic) bond motifs is 5. The summed E-state index contributed by atoms with van der Waals surface area (Å²) in [6.07, 6.45) is 17.3. The molecule has 4 aliphatic rings. The van der Waals surface area contributed by atoms with Gasteiger partial charge in [-0.25, -0.2) is 0 Å². The highest BCUT2D eigenvalue weighted by molar-refractivity contribution is 8.09. The Balaban J connectivity index is 1.46. The molecule has 0 aromatic carbocycles. The lowest BCUT2D eigenvalue weighted by Crippen LogP contribution is -2.50. The summed E-state index contributed by atoms with van der Waals surface area (Å²) in [6.45, 7) is 11.7. The van der Waals surface area contributed by atoms with Gasteiger partial charge in [0.05, 0.1) is 6.10 Å². The molecule has 0 aromatic rings. The highest BCUT2D eigenvalue weighted by Crippen LogP contribution is 2.67. The summed E-state index contributed by atoms with van der Waals surface area (Å²) in [7, 11) is 0. The third kappa shape index (κ3) is 4.84. The van der Waals surface area contributed by atoms with Gasteiger partial charge in [0.15, 0.2) is 6.49 Å². The second-order valence-corrected chi connectivity index (χ2v) is 16.9. The van der Waals surface area contributed by atoms with E-state index >= 15 is 0 Å². The summed E-state index contributed by atoms with van der Waals surface area (Å²) >= 11 is 5.19. The van der Waals surface area contributed by atoms with E-state index < -0.39 is 6.49 Å². The second-order valence-electron chi connectivity index (χ2n) is 13.1. The molecule has 9 unspecified atom stereocenters. The van der Waals surface area contributed by atoms with Gasteiger partial charge in [-0.3, -0.25) is 0 Å². The molecule has 0 aromatic heterocycles. The van der Waals surface area contributed by atoms with Crippen molar-refractivity contribution in [2.24, 2.45) is 46.3 Å². The van der Waals surface area contributed by atoms with E-state index in [2.05, 4.69) is 40.7 Å². The van der Waals surface area contributed by atoms with Crippen molar-refractivity contribution in [3.05, 3.63) is 11.6 Å². The maximum absolute atomic E-state index is 10.1. The van der Waals surface area contributed by atoms with Gasteiger partial charge in [-0.1, -0.05) is 65.5 Å². The monoisotopic (exact) mass is 480 g/mol. The molecule has 0 aliphatic heterocycles. The third-order valence-corrected chi connectivity index (χ3v) is 11.6. The van der Waals surface area contributed by atoms with Gasteiger partial charge < -0.3 is 9.42 Å². The first-order valence-electron chi connectivity index (χ1n) is 13.6. The van der Waals surface area contributed by atoms with Crippen molar-refractivity contribution in [1.29, 1.82) is 0 Å². The molecule has 0 spiro atoms. The van der Waals surface area contributed by atoms with Crippen LogP contribution in [0.4, 0.5) is 0 Å². The van der Waals surface area contributed by atoms with E-state index in [1.54, 1.807) is 12.2 Å². The summed E-state index contributed by atoms with van der Waals surface area (Å²) in [5, 5.41) is 0. The van der Waals surface area contributed by atoms with Crippen molar-refractivity contribution in [2.75, 3.05) is 6.66 Å². The van der Waals surface area contributed by atoms with E-state index in [4.69, 9.17) is 16.3 Å². The summed E-state index contributed by atoms with van der Waals surface area (Å²) in [4.78, 5) is 10.1. The van der Waals surface area contributed by atoms with E-state index in [0.717, 1.165) is 48.3 Å². The minimum Gasteiger partial charge on any atom is -0.345 e. The summed E-state index contributed by atoms with van der Waals surface area (Å²) in [6, 6.07) is 0. The number of hydrogen-bond donors (Lipinski definition) is 1. The summed E-state index contributed by atoms with van der Waals surface area (Å²) < 4.78 is 5.92. The molecule has 4 aliphatic carbocycles. The van der Waals surface area contributed by atoms with Gasteiger partial charge in [-0.15, -0.1) is 0 Å². The molecule has 184 valence electrons. The van der Waals surface area contributed by atoms with Crippen molar-refractivity contribution in [3.63, 3.8) is 0 Å². The smallest absolute Gasteiger partial charge is 0.183 e. The summed E-state index contributed by atoms with van der Waals surface area (Å²) in [5.41, 5.74) is 2.53. The van der Waals surface area contributed by atoms with Gasteiger partial charge in [-0.05, 0) is 110 Å². The van der Waals surface area contributed by atoms with E-state index in [-0.39, 0.29) is 6.10 Å². The Kier molecular flexibility index (Phi) is 7.46. The Labute approximate surface area is 203 Å². The van der Waals surface area contributed by atoms with Gasteiger partial charge in [0.25, 0.3) is 0 Å². The predicted molar refractivity (Wildman–Crippen MR) is 140 cm³/mol. The Morgan fingerprint density at radius 2 is 1.84 bits per heavy atom. The molecule has 32 heavy (non-hydrogen) atoms. The Hall–Kier alpha value is 0.310. The SMILES string of the molecule is CC(C)CCCC(C)C1CCC2C3CC=C4CC(OP(C)(O)=S)CCC4(C)C3CCC12C.